The molecule has 4 rings (SSSR count). The molecule has 1 atom stereocenters. The zero-order chi connectivity index (χ0) is 17.2. The van der Waals surface area contributed by atoms with Crippen LogP contribution in [0.5, 0.6) is 0 Å². The molecule has 7 heteroatoms. The Balaban J connectivity index is 1.36. The van der Waals surface area contributed by atoms with E-state index in [4.69, 9.17) is 20.9 Å². The smallest absolute Gasteiger partial charge is 0.253 e. The van der Waals surface area contributed by atoms with Crippen LogP contribution in [0.15, 0.2) is 28.8 Å². The Hall–Kier alpha value is -1.92. The van der Waals surface area contributed by atoms with Gasteiger partial charge in [-0.1, -0.05) is 16.8 Å². The van der Waals surface area contributed by atoms with Gasteiger partial charge in [-0.3, -0.25) is 4.79 Å². The molecule has 0 saturated carbocycles. The van der Waals surface area contributed by atoms with Gasteiger partial charge in [0.15, 0.2) is 5.82 Å². The Morgan fingerprint density at radius 1 is 1.12 bits per heavy atom. The minimum atomic E-state index is 0.0458. The van der Waals surface area contributed by atoms with Crippen LogP contribution in [0.3, 0.4) is 0 Å². The fourth-order valence-electron chi connectivity index (χ4n) is 3.42. The Bertz CT molecular complexity index is 732. The average Bonchev–Trinajstić information content (AvgIpc) is 3.33. The molecule has 2 aromatic rings. The van der Waals surface area contributed by atoms with Crippen LogP contribution in [-0.4, -0.2) is 47.3 Å². The quantitative estimate of drug-likeness (QED) is 0.839. The number of rotatable bonds is 3. The second-order valence-electron chi connectivity index (χ2n) is 6.62. The molecule has 3 heterocycles. The fourth-order valence-corrected chi connectivity index (χ4v) is 3.55. The van der Waals surface area contributed by atoms with Crippen LogP contribution in [0, 0.1) is 0 Å². The SMILES string of the molecule is O=C(c1ccc(Cl)cc1)N1CCC(c2nc([C@@H]3CCOC3)no2)CC1. The van der Waals surface area contributed by atoms with Crippen molar-refractivity contribution in [2.24, 2.45) is 0 Å². The highest BCUT2D eigenvalue weighted by Crippen LogP contribution is 2.30. The standard InChI is InChI=1S/C18H20ClN3O3/c19-15-3-1-13(2-4-15)18(23)22-8-5-12(6-9-22)17-20-16(21-25-17)14-7-10-24-11-14/h1-4,12,14H,5-11H2/t14-/m1/s1. The maximum Gasteiger partial charge on any atom is 0.253 e. The predicted octanol–water partition coefficient (Wildman–Crippen LogP) is 3.25. The summed E-state index contributed by atoms with van der Waals surface area (Å²) in [7, 11) is 0. The second-order valence-corrected chi connectivity index (χ2v) is 7.06. The van der Waals surface area contributed by atoms with Crippen molar-refractivity contribution in [2.75, 3.05) is 26.3 Å². The van der Waals surface area contributed by atoms with E-state index in [1.54, 1.807) is 24.3 Å². The van der Waals surface area contributed by atoms with Gasteiger partial charge in [-0.05, 0) is 43.5 Å². The first-order valence-corrected chi connectivity index (χ1v) is 9.04. The zero-order valence-corrected chi connectivity index (χ0v) is 14.6. The lowest BCUT2D eigenvalue weighted by molar-refractivity contribution is 0.0704. The largest absolute Gasteiger partial charge is 0.381 e. The zero-order valence-electron chi connectivity index (χ0n) is 13.9. The van der Waals surface area contributed by atoms with E-state index in [9.17, 15) is 4.79 Å². The van der Waals surface area contributed by atoms with Gasteiger partial charge in [0.1, 0.15) is 0 Å². The van der Waals surface area contributed by atoms with Crippen molar-refractivity contribution in [3.63, 3.8) is 0 Å². The van der Waals surface area contributed by atoms with Crippen LogP contribution < -0.4 is 0 Å². The van der Waals surface area contributed by atoms with Gasteiger partial charge < -0.3 is 14.2 Å². The number of hydrogen-bond acceptors (Lipinski definition) is 5. The van der Waals surface area contributed by atoms with E-state index in [0.29, 0.717) is 36.2 Å². The predicted molar refractivity (Wildman–Crippen MR) is 91.8 cm³/mol. The summed E-state index contributed by atoms with van der Waals surface area (Å²) in [5.74, 6) is 1.97. The van der Waals surface area contributed by atoms with Crippen molar-refractivity contribution >= 4 is 17.5 Å². The highest BCUT2D eigenvalue weighted by atomic mass is 35.5. The van der Waals surface area contributed by atoms with E-state index < -0.39 is 0 Å². The molecule has 1 aromatic carbocycles. The van der Waals surface area contributed by atoms with Gasteiger partial charge in [-0.2, -0.15) is 4.98 Å². The molecule has 2 aliphatic heterocycles. The molecule has 0 N–H and O–H groups in total. The first-order valence-electron chi connectivity index (χ1n) is 8.67. The number of carbonyl (C=O) groups is 1. The van der Waals surface area contributed by atoms with Gasteiger partial charge in [-0.25, -0.2) is 0 Å². The number of nitrogens with zero attached hydrogens (tertiary/aromatic N) is 3. The molecular formula is C18H20ClN3O3. The number of hydrogen-bond donors (Lipinski definition) is 0. The van der Waals surface area contributed by atoms with Crippen molar-refractivity contribution in [2.45, 2.75) is 31.1 Å². The van der Waals surface area contributed by atoms with Gasteiger partial charge in [0, 0.05) is 42.1 Å². The summed E-state index contributed by atoms with van der Waals surface area (Å²) in [4.78, 5) is 19.0. The summed E-state index contributed by atoms with van der Waals surface area (Å²) in [6.45, 7) is 2.82. The summed E-state index contributed by atoms with van der Waals surface area (Å²) in [6, 6.07) is 7.03. The molecule has 0 radical (unpaired) electrons. The van der Waals surface area contributed by atoms with Crippen LogP contribution in [0.25, 0.3) is 0 Å². The topological polar surface area (TPSA) is 68.5 Å². The molecule has 0 bridgehead atoms. The van der Waals surface area contributed by atoms with Gasteiger partial charge in [0.2, 0.25) is 5.89 Å². The van der Waals surface area contributed by atoms with Gasteiger partial charge in [-0.15, -0.1) is 0 Å². The summed E-state index contributed by atoms with van der Waals surface area (Å²) in [6.07, 6.45) is 2.62. The normalized spacial score (nSPS) is 21.6. The lowest BCUT2D eigenvalue weighted by Gasteiger charge is -2.30. The summed E-state index contributed by atoms with van der Waals surface area (Å²) < 4.78 is 10.9. The molecular weight excluding hydrogens is 342 g/mol. The number of likely N-dealkylation sites (tertiary alicyclic amines) is 1. The Labute approximate surface area is 151 Å². The number of piperidine rings is 1. The van der Waals surface area contributed by atoms with E-state index in [-0.39, 0.29) is 17.7 Å². The lowest BCUT2D eigenvalue weighted by atomic mass is 9.96. The van der Waals surface area contributed by atoms with Crippen molar-refractivity contribution < 1.29 is 14.1 Å². The maximum absolute atomic E-state index is 12.5. The van der Waals surface area contributed by atoms with E-state index in [1.165, 1.54) is 0 Å². The molecule has 0 unspecified atom stereocenters. The van der Waals surface area contributed by atoms with Gasteiger partial charge in [0.05, 0.1) is 6.61 Å². The fraction of sp³-hybridized carbons (Fsp3) is 0.500. The highest BCUT2D eigenvalue weighted by molar-refractivity contribution is 6.30. The van der Waals surface area contributed by atoms with Crippen LogP contribution in [0.2, 0.25) is 5.02 Å². The van der Waals surface area contributed by atoms with Crippen LogP contribution in [0.1, 0.15) is 53.2 Å². The average molecular weight is 362 g/mol. The van der Waals surface area contributed by atoms with Crippen LogP contribution >= 0.6 is 11.6 Å². The van der Waals surface area contributed by atoms with E-state index in [1.807, 2.05) is 4.90 Å². The molecule has 0 aliphatic carbocycles. The number of aromatic nitrogens is 2. The molecule has 2 aliphatic rings. The molecule has 0 spiro atoms. The Kier molecular flexibility index (Phi) is 4.72. The third-order valence-corrected chi connectivity index (χ3v) is 5.23. The van der Waals surface area contributed by atoms with E-state index in [2.05, 4.69) is 10.1 Å². The second kappa shape index (κ2) is 7.14. The molecule has 25 heavy (non-hydrogen) atoms. The number of benzene rings is 1. The third kappa shape index (κ3) is 3.55. The first-order chi connectivity index (χ1) is 12.2. The molecule has 6 nitrogen and oxygen atoms in total. The van der Waals surface area contributed by atoms with E-state index >= 15 is 0 Å². The summed E-state index contributed by atoms with van der Waals surface area (Å²) in [5, 5.41) is 4.76. The molecule has 132 valence electrons. The van der Waals surface area contributed by atoms with Crippen LogP contribution in [0.4, 0.5) is 0 Å². The lowest BCUT2D eigenvalue weighted by Crippen LogP contribution is -2.38. The third-order valence-electron chi connectivity index (χ3n) is 4.97. The number of carbonyl (C=O) groups excluding carboxylic acids is 1. The maximum atomic E-state index is 12.5. The summed E-state index contributed by atoms with van der Waals surface area (Å²) in [5.41, 5.74) is 0.671. The molecule has 1 amide bonds. The number of ether oxygens (including phenoxy) is 1. The molecule has 1 aromatic heterocycles. The molecule has 2 fully saturated rings. The van der Waals surface area contributed by atoms with Crippen molar-refractivity contribution in [1.82, 2.24) is 15.0 Å². The molecule has 2 saturated heterocycles. The first kappa shape index (κ1) is 16.5. The Morgan fingerprint density at radius 3 is 2.56 bits per heavy atom. The number of halogens is 1. The van der Waals surface area contributed by atoms with Crippen molar-refractivity contribution in [3.05, 3.63) is 46.6 Å². The minimum absolute atomic E-state index is 0.0458. The minimum Gasteiger partial charge on any atom is -0.381 e. The van der Waals surface area contributed by atoms with Crippen LogP contribution in [-0.2, 0) is 4.74 Å². The monoisotopic (exact) mass is 361 g/mol. The summed E-state index contributed by atoms with van der Waals surface area (Å²) >= 11 is 5.88. The van der Waals surface area contributed by atoms with Gasteiger partial charge >= 0.3 is 0 Å². The van der Waals surface area contributed by atoms with E-state index in [0.717, 1.165) is 31.7 Å². The number of amides is 1. The highest BCUT2D eigenvalue weighted by Gasteiger charge is 2.30. The van der Waals surface area contributed by atoms with Crippen molar-refractivity contribution in [3.8, 4) is 0 Å². The van der Waals surface area contributed by atoms with Gasteiger partial charge in [0.25, 0.3) is 5.91 Å². The van der Waals surface area contributed by atoms with Crippen molar-refractivity contribution in [1.29, 1.82) is 0 Å². The Morgan fingerprint density at radius 2 is 1.88 bits per heavy atom.